The van der Waals surface area contributed by atoms with Gasteiger partial charge in [-0.3, -0.25) is 4.79 Å². The molecule has 23 heavy (non-hydrogen) atoms. The van der Waals surface area contributed by atoms with Crippen LogP contribution in [0.5, 0.6) is 11.5 Å². The van der Waals surface area contributed by atoms with Gasteiger partial charge in [-0.1, -0.05) is 0 Å². The zero-order valence-electron chi connectivity index (χ0n) is 13.3. The number of nitrogens with zero attached hydrogens (tertiary/aromatic N) is 1. The van der Waals surface area contributed by atoms with Gasteiger partial charge in [-0.15, -0.1) is 0 Å². The number of hydrogen-bond acceptors (Lipinski definition) is 5. The molecule has 0 saturated carbocycles. The Kier molecular flexibility index (Phi) is 4.62. The largest absolute Gasteiger partial charge is 0.497 e. The summed E-state index contributed by atoms with van der Waals surface area (Å²) in [6, 6.07) is 5.44. The lowest BCUT2D eigenvalue weighted by Crippen LogP contribution is -2.33. The van der Waals surface area contributed by atoms with Gasteiger partial charge in [0, 0.05) is 24.7 Å². The van der Waals surface area contributed by atoms with Gasteiger partial charge in [0.25, 0.3) is 5.91 Å². The monoisotopic (exact) mass is 316 g/mol. The number of carbonyl (C=O) groups excluding carboxylic acids is 1. The molecular formula is C17H20N2O4. The number of benzene rings is 1. The van der Waals surface area contributed by atoms with E-state index in [1.54, 1.807) is 26.4 Å². The van der Waals surface area contributed by atoms with Crippen LogP contribution in [0, 0.1) is 5.92 Å². The summed E-state index contributed by atoms with van der Waals surface area (Å²) < 4.78 is 15.9. The number of aliphatic imine (C=N–C) groups is 1. The minimum atomic E-state index is -0.184. The molecule has 0 unspecified atom stereocenters. The molecule has 1 fully saturated rings. The van der Waals surface area contributed by atoms with Crippen molar-refractivity contribution in [1.29, 1.82) is 0 Å². The molecule has 0 aliphatic carbocycles. The average Bonchev–Trinajstić information content (AvgIpc) is 2.96. The normalized spacial score (nSPS) is 20.3. The maximum atomic E-state index is 12.2. The Morgan fingerprint density at radius 3 is 2.74 bits per heavy atom. The minimum Gasteiger partial charge on any atom is -0.497 e. The number of nitrogens with one attached hydrogen (secondary N) is 1. The van der Waals surface area contributed by atoms with Crippen molar-refractivity contribution >= 4 is 17.8 Å². The predicted octanol–water partition coefficient (Wildman–Crippen LogP) is 2.00. The van der Waals surface area contributed by atoms with Crippen LogP contribution in [0.3, 0.4) is 0 Å². The molecule has 1 aromatic carbocycles. The third kappa shape index (κ3) is 3.37. The smallest absolute Gasteiger partial charge is 0.275 e. The summed E-state index contributed by atoms with van der Waals surface area (Å²) in [6.45, 7) is 1.42. The van der Waals surface area contributed by atoms with Gasteiger partial charge in [-0.2, -0.15) is 0 Å². The number of hydrogen-bond donors (Lipinski definition) is 1. The van der Waals surface area contributed by atoms with E-state index >= 15 is 0 Å². The summed E-state index contributed by atoms with van der Waals surface area (Å²) in [4.78, 5) is 16.7. The van der Waals surface area contributed by atoms with E-state index in [1.807, 2.05) is 12.1 Å². The first-order valence-corrected chi connectivity index (χ1v) is 7.62. The van der Waals surface area contributed by atoms with Crippen molar-refractivity contribution in [2.75, 3.05) is 27.4 Å². The Bertz CT molecular complexity index is 661. The summed E-state index contributed by atoms with van der Waals surface area (Å²) in [5.74, 6) is 2.18. The van der Waals surface area contributed by atoms with Crippen molar-refractivity contribution in [2.45, 2.75) is 12.8 Å². The van der Waals surface area contributed by atoms with Crippen LogP contribution >= 0.6 is 0 Å². The molecule has 2 heterocycles. The maximum absolute atomic E-state index is 12.2. The lowest BCUT2D eigenvalue weighted by atomic mass is 9.99. The topological polar surface area (TPSA) is 69.2 Å². The molecule has 2 aliphatic heterocycles. The molecule has 1 amide bonds. The van der Waals surface area contributed by atoms with Crippen LogP contribution in [-0.4, -0.2) is 39.2 Å². The van der Waals surface area contributed by atoms with Crippen LogP contribution in [0.1, 0.15) is 18.4 Å². The number of carbonyl (C=O) groups is 1. The van der Waals surface area contributed by atoms with Crippen molar-refractivity contribution in [2.24, 2.45) is 10.9 Å². The van der Waals surface area contributed by atoms with Crippen LogP contribution < -0.4 is 14.8 Å². The highest BCUT2D eigenvalue weighted by Crippen LogP contribution is 2.28. The molecule has 0 bridgehead atoms. The Morgan fingerprint density at radius 1 is 1.26 bits per heavy atom. The molecule has 122 valence electrons. The highest BCUT2D eigenvalue weighted by atomic mass is 16.5. The molecule has 2 aliphatic rings. The predicted molar refractivity (Wildman–Crippen MR) is 86.6 cm³/mol. The van der Waals surface area contributed by atoms with E-state index in [0.717, 1.165) is 24.2 Å². The number of methoxy groups -OCH3 is 2. The molecule has 6 nitrogen and oxygen atoms in total. The zero-order valence-corrected chi connectivity index (χ0v) is 13.3. The Morgan fingerprint density at radius 2 is 2.04 bits per heavy atom. The second-order valence-corrected chi connectivity index (χ2v) is 5.48. The molecule has 3 rings (SSSR count). The van der Waals surface area contributed by atoms with E-state index < -0.39 is 0 Å². The second-order valence-electron chi connectivity index (χ2n) is 5.48. The van der Waals surface area contributed by atoms with Crippen LogP contribution in [0.25, 0.3) is 6.08 Å². The lowest BCUT2D eigenvalue weighted by molar-refractivity contribution is -0.115. The molecular weight excluding hydrogens is 296 g/mol. The van der Waals surface area contributed by atoms with Gasteiger partial charge in [0.2, 0.25) is 0 Å². The average molecular weight is 316 g/mol. The molecule has 1 saturated heterocycles. The maximum Gasteiger partial charge on any atom is 0.275 e. The van der Waals surface area contributed by atoms with Gasteiger partial charge in [0.1, 0.15) is 23.0 Å². The molecule has 6 heteroatoms. The highest BCUT2D eigenvalue weighted by Gasteiger charge is 2.28. The molecule has 1 N–H and O–H groups in total. The second kappa shape index (κ2) is 6.83. The van der Waals surface area contributed by atoms with Crippen molar-refractivity contribution < 1.29 is 19.0 Å². The molecule has 0 aromatic heterocycles. The number of ether oxygens (including phenoxy) is 3. The standard InChI is InChI=1S/C17H20N2O4/c1-21-13-3-4-15(22-2)12(9-13)10-14-17(20)19-16(18-14)11-5-7-23-8-6-11/h3-4,9-11H,5-8H2,1-2H3,(H,18,19,20)/b14-10-. The summed E-state index contributed by atoms with van der Waals surface area (Å²) in [5.41, 5.74) is 1.15. The molecule has 0 spiro atoms. The number of amides is 1. The van der Waals surface area contributed by atoms with Crippen molar-refractivity contribution in [3.8, 4) is 11.5 Å². The third-order valence-electron chi connectivity index (χ3n) is 4.05. The van der Waals surface area contributed by atoms with E-state index in [0.29, 0.717) is 30.4 Å². The van der Waals surface area contributed by atoms with Crippen LogP contribution in [0.15, 0.2) is 28.9 Å². The first kappa shape index (κ1) is 15.6. The fourth-order valence-electron chi connectivity index (χ4n) is 2.75. The van der Waals surface area contributed by atoms with Gasteiger partial charge >= 0.3 is 0 Å². The molecule has 0 atom stereocenters. The summed E-state index contributed by atoms with van der Waals surface area (Å²) in [6.07, 6.45) is 3.49. The van der Waals surface area contributed by atoms with E-state index in [4.69, 9.17) is 14.2 Å². The fourth-order valence-corrected chi connectivity index (χ4v) is 2.75. The first-order chi connectivity index (χ1) is 11.2. The van der Waals surface area contributed by atoms with E-state index in [9.17, 15) is 4.79 Å². The van der Waals surface area contributed by atoms with E-state index in [-0.39, 0.29) is 11.8 Å². The Hall–Kier alpha value is -2.34. The highest BCUT2D eigenvalue weighted by molar-refractivity contribution is 6.15. The van der Waals surface area contributed by atoms with Gasteiger partial charge in [-0.05, 0) is 37.1 Å². The Balaban J connectivity index is 1.89. The van der Waals surface area contributed by atoms with Crippen molar-refractivity contribution in [3.05, 3.63) is 29.5 Å². The number of rotatable bonds is 4. The number of amidine groups is 1. The SMILES string of the molecule is COc1ccc(OC)c(/C=C2\N=C(C3CCOCC3)NC2=O)c1. The van der Waals surface area contributed by atoms with Crippen LogP contribution in [-0.2, 0) is 9.53 Å². The summed E-state index contributed by atoms with van der Waals surface area (Å²) in [5, 5.41) is 2.88. The minimum absolute atomic E-state index is 0.184. The Labute approximate surface area is 135 Å². The van der Waals surface area contributed by atoms with Crippen molar-refractivity contribution in [1.82, 2.24) is 5.32 Å². The van der Waals surface area contributed by atoms with Gasteiger partial charge in [0.05, 0.1) is 14.2 Å². The van der Waals surface area contributed by atoms with E-state index in [2.05, 4.69) is 10.3 Å². The molecule has 1 aromatic rings. The van der Waals surface area contributed by atoms with Crippen LogP contribution in [0.4, 0.5) is 0 Å². The third-order valence-corrected chi connectivity index (χ3v) is 4.05. The van der Waals surface area contributed by atoms with Gasteiger partial charge in [-0.25, -0.2) is 4.99 Å². The van der Waals surface area contributed by atoms with Crippen molar-refractivity contribution in [3.63, 3.8) is 0 Å². The fraction of sp³-hybridized carbons (Fsp3) is 0.412. The lowest BCUT2D eigenvalue weighted by Gasteiger charge is -2.21. The molecule has 0 radical (unpaired) electrons. The quantitative estimate of drug-likeness (QED) is 0.863. The zero-order chi connectivity index (χ0) is 16.2. The van der Waals surface area contributed by atoms with Gasteiger partial charge in [0.15, 0.2) is 0 Å². The van der Waals surface area contributed by atoms with E-state index in [1.165, 1.54) is 0 Å². The van der Waals surface area contributed by atoms with Crippen LogP contribution in [0.2, 0.25) is 0 Å². The first-order valence-electron chi connectivity index (χ1n) is 7.62. The summed E-state index contributed by atoms with van der Waals surface area (Å²) in [7, 11) is 3.19. The van der Waals surface area contributed by atoms with Gasteiger partial charge < -0.3 is 19.5 Å². The summed E-state index contributed by atoms with van der Waals surface area (Å²) >= 11 is 0.